The van der Waals surface area contributed by atoms with Crippen molar-refractivity contribution in [3.05, 3.63) is 70.2 Å². The zero-order valence-electron chi connectivity index (χ0n) is 17.2. The molecule has 1 amide bonds. The van der Waals surface area contributed by atoms with E-state index in [0.29, 0.717) is 21.9 Å². The maximum atomic E-state index is 12.9. The summed E-state index contributed by atoms with van der Waals surface area (Å²) in [6, 6.07) is 14.0. The molecule has 1 heterocycles. The van der Waals surface area contributed by atoms with Crippen molar-refractivity contribution in [2.45, 2.75) is 53.4 Å². The van der Waals surface area contributed by atoms with E-state index in [2.05, 4.69) is 10.3 Å². The first-order valence-electron chi connectivity index (χ1n) is 10.2. The fourth-order valence-electron chi connectivity index (χ4n) is 3.72. The van der Waals surface area contributed by atoms with Gasteiger partial charge in [0, 0.05) is 21.7 Å². The zero-order chi connectivity index (χ0) is 21.8. The highest BCUT2D eigenvalue weighted by Crippen LogP contribution is 2.31. The Morgan fingerprint density at radius 3 is 2.52 bits per heavy atom. The monoisotopic (exact) mass is 472 g/mol. The molecule has 162 valence electrons. The molecule has 5 nitrogen and oxygen atoms in total. The van der Waals surface area contributed by atoms with Crippen LogP contribution in [0.3, 0.4) is 0 Å². The van der Waals surface area contributed by atoms with Crippen LogP contribution < -0.4 is 5.32 Å². The van der Waals surface area contributed by atoms with Crippen LogP contribution in [0.4, 0.5) is 5.69 Å². The van der Waals surface area contributed by atoms with Gasteiger partial charge in [0.05, 0.1) is 26.4 Å². The third-order valence-corrected chi connectivity index (χ3v) is 9.56. The summed E-state index contributed by atoms with van der Waals surface area (Å²) in [6.07, 6.45) is 3.40. The number of carbonyl (C=O) groups excluding carboxylic acids is 1. The minimum absolute atomic E-state index is 0.219. The second kappa shape index (κ2) is 9.54. The van der Waals surface area contributed by atoms with E-state index in [1.54, 1.807) is 53.4 Å². The molecule has 3 aromatic rings. The van der Waals surface area contributed by atoms with Crippen LogP contribution in [0.2, 0.25) is 0 Å². The maximum absolute atomic E-state index is 12.9. The molecule has 0 radical (unpaired) electrons. The van der Waals surface area contributed by atoms with Gasteiger partial charge in [-0.3, -0.25) is 4.79 Å². The van der Waals surface area contributed by atoms with Crippen LogP contribution >= 0.6 is 23.1 Å². The largest absolute Gasteiger partial charge is 0.322 e. The molecule has 1 N–H and O–H groups in total. The number of amides is 1. The van der Waals surface area contributed by atoms with Crippen molar-refractivity contribution >= 4 is 44.5 Å². The molecule has 1 aliphatic carbocycles. The lowest BCUT2D eigenvalue weighted by Gasteiger charge is -2.12. The smallest absolute Gasteiger partial charge is 0.256 e. The van der Waals surface area contributed by atoms with Crippen molar-refractivity contribution in [2.75, 3.05) is 5.32 Å². The molecule has 0 atom stereocenters. The molecular formula is C23H24N2O3S3. The topological polar surface area (TPSA) is 76.1 Å². The van der Waals surface area contributed by atoms with E-state index in [-0.39, 0.29) is 11.2 Å². The van der Waals surface area contributed by atoms with Crippen molar-refractivity contribution in [3.63, 3.8) is 0 Å². The van der Waals surface area contributed by atoms with Gasteiger partial charge in [-0.1, -0.05) is 25.0 Å². The summed E-state index contributed by atoms with van der Waals surface area (Å²) in [5, 5.41) is 5.67. The fourth-order valence-corrected chi connectivity index (χ4v) is 7.24. The van der Waals surface area contributed by atoms with Crippen LogP contribution in [-0.4, -0.2) is 24.6 Å². The molecule has 1 aliphatic rings. The Morgan fingerprint density at radius 1 is 1.13 bits per heavy atom. The number of nitrogens with one attached hydrogen (secondary N) is 1. The summed E-state index contributed by atoms with van der Waals surface area (Å²) in [6.45, 7) is 1.98. The number of hydrogen-bond acceptors (Lipinski definition) is 6. The van der Waals surface area contributed by atoms with E-state index in [4.69, 9.17) is 0 Å². The number of aryl methyl sites for hydroxylation is 1. The van der Waals surface area contributed by atoms with E-state index in [1.165, 1.54) is 0 Å². The Labute approximate surface area is 191 Å². The number of carbonyl (C=O) groups is 1. The second-order valence-electron chi connectivity index (χ2n) is 7.57. The molecule has 8 heteroatoms. The normalized spacial score (nSPS) is 14.6. The van der Waals surface area contributed by atoms with Gasteiger partial charge in [0.2, 0.25) is 0 Å². The van der Waals surface area contributed by atoms with Crippen LogP contribution in [0.1, 0.15) is 46.7 Å². The number of aromatic nitrogens is 1. The number of thioether (sulfide) groups is 1. The Hall–Kier alpha value is -2.16. The summed E-state index contributed by atoms with van der Waals surface area (Å²) < 4.78 is 25.5. The van der Waals surface area contributed by atoms with Gasteiger partial charge in [-0.2, -0.15) is 0 Å². The molecular weight excluding hydrogens is 448 g/mol. The lowest BCUT2D eigenvalue weighted by molar-refractivity contribution is 0.102. The second-order valence-corrected chi connectivity index (χ2v) is 11.9. The van der Waals surface area contributed by atoms with Crippen molar-refractivity contribution < 1.29 is 13.2 Å². The fraction of sp³-hybridized carbons (Fsp3) is 0.304. The van der Waals surface area contributed by atoms with Crippen LogP contribution in [0.25, 0.3) is 0 Å². The molecule has 0 bridgehead atoms. The first-order valence-corrected chi connectivity index (χ1v) is 13.6. The van der Waals surface area contributed by atoms with Gasteiger partial charge in [-0.15, -0.1) is 23.1 Å². The zero-order valence-corrected chi connectivity index (χ0v) is 19.7. The van der Waals surface area contributed by atoms with Gasteiger partial charge < -0.3 is 5.32 Å². The first kappa shape index (κ1) is 22.0. The highest BCUT2D eigenvalue weighted by molar-refractivity contribution is 7.98. The van der Waals surface area contributed by atoms with Gasteiger partial charge in [0.1, 0.15) is 0 Å². The van der Waals surface area contributed by atoms with Crippen LogP contribution in [0.15, 0.2) is 63.7 Å². The van der Waals surface area contributed by atoms with Crippen molar-refractivity contribution in [3.8, 4) is 0 Å². The van der Waals surface area contributed by atoms with Crippen molar-refractivity contribution in [2.24, 2.45) is 0 Å². The molecule has 31 heavy (non-hydrogen) atoms. The summed E-state index contributed by atoms with van der Waals surface area (Å²) in [7, 11) is -3.30. The van der Waals surface area contributed by atoms with Gasteiger partial charge in [0.15, 0.2) is 9.84 Å². The minimum Gasteiger partial charge on any atom is -0.322 e. The average Bonchev–Trinajstić information content (AvgIpc) is 3.45. The summed E-state index contributed by atoms with van der Waals surface area (Å²) >= 11 is 3.19. The molecule has 0 unspecified atom stereocenters. The first-order chi connectivity index (χ1) is 14.9. The van der Waals surface area contributed by atoms with Gasteiger partial charge in [-0.25, -0.2) is 13.4 Å². The third kappa shape index (κ3) is 5.19. The maximum Gasteiger partial charge on any atom is 0.256 e. The van der Waals surface area contributed by atoms with Gasteiger partial charge >= 0.3 is 0 Å². The molecule has 1 fully saturated rings. The number of rotatable bonds is 7. The predicted molar refractivity (Wildman–Crippen MR) is 127 cm³/mol. The van der Waals surface area contributed by atoms with Crippen LogP contribution in [0, 0.1) is 6.92 Å². The summed E-state index contributed by atoms with van der Waals surface area (Å²) in [4.78, 5) is 18.6. The molecule has 1 aromatic heterocycles. The number of nitrogens with zero attached hydrogens (tertiary/aromatic N) is 1. The highest BCUT2D eigenvalue weighted by atomic mass is 32.2. The lowest BCUT2D eigenvalue weighted by atomic mass is 10.2. The van der Waals surface area contributed by atoms with Crippen LogP contribution in [0.5, 0.6) is 0 Å². The van der Waals surface area contributed by atoms with Crippen LogP contribution in [-0.2, 0) is 15.6 Å². The Kier molecular flexibility index (Phi) is 6.79. The number of hydrogen-bond donors (Lipinski definition) is 1. The number of thiazole rings is 1. The van der Waals surface area contributed by atoms with E-state index < -0.39 is 9.84 Å². The lowest BCUT2D eigenvalue weighted by Crippen LogP contribution is -2.18. The molecule has 1 saturated carbocycles. The average molecular weight is 473 g/mol. The third-order valence-electron chi connectivity index (χ3n) is 5.36. The quantitative estimate of drug-likeness (QED) is 0.446. The molecule has 0 saturated heterocycles. The summed E-state index contributed by atoms with van der Waals surface area (Å²) in [5.41, 5.74) is 2.16. The Balaban J connectivity index is 1.45. The SMILES string of the molecule is Cc1nc(CSc2ccccc2C(=O)Nc2ccc(S(=O)(=O)C3CCCC3)cc2)cs1. The number of benzene rings is 2. The van der Waals surface area contributed by atoms with Crippen molar-refractivity contribution in [1.29, 1.82) is 0 Å². The highest BCUT2D eigenvalue weighted by Gasteiger charge is 2.30. The molecule has 0 aliphatic heterocycles. The standard InChI is InChI=1S/C23H24N2O3S3/c1-16-24-18(14-29-16)15-30-22-9-5-4-8-21(22)23(26)25-17-10-12-20(13-11-17)31(27,28)19-6-2-3-7-19/h4-5,8-14,19H,2-3,6-7,15H2,1H3,(H,25,26). The molecule has 4 rings (SSSR count). The van der Waals surface area contributed by atoms with E-state index >= 15 is 0 Å². The van der Waals surface area contributed by atoms with Crippen molar-refractivity contribution in [1.82, 2.24) is 4.98 Å². The molecule has 0 spiro atoms. The Bertz CT molecular complexity index is 1160. The van der Waals surface area contributed by atoms with E-state index in [0.717, 1.165) is 41.3 Å². The minimum atomic E-state index is -3.30. The Morgan fingerprint density at radius 2 is 1.84 bits per heavy atom. The van der Waals surface area contributed by atoms with Gasteiger partial charge in [-0.05, 0) is 56.2 Å². The van der Waals surface area contributed by atoms with Gasteiger partial charge in [0.25, 0.3) is 5.91 Å². The summed E-state index contributed by atoms with van der Waals surface area (Å²) in [5.74, 6) is 0.478. The number of anilines is 1. The van der Waals surface area contributed by atoms with E-state index in [9.17, 15) is 13.2 Å². The number of sulfone groups is 1. The van der Waals surface area contributed by atoms with E-state index in [1.807, 2.05) is 30.5 Å². The predicted octanol–water partition coefficient (Wildman–Crippen LogP) is 5.71. The molecule has 2 aromatic carbocycles.